The Balaban J connectivity index is 1.12. The van der Waals surface area contributed by atoms with Crippen molar-refractivity contribution in [3.8, 4) is 5.69 Å². The second-order valence-electron chi connectivity index (χ2n) is 13.2. The first-order chi connectivity index (χ1) is 20.7. The summed E-state index contributed by atoms with van der Waals surface area (Å²) < 4.78 is 13.3. The number of nitrogens with two attached hydrogens (primary N) is 1. The lowest BCUT2D eigenvalue weighted by atomic mass is 9.75. The van der Waals surface area contributed by atoms with Gasteiger partial charge >= 0.3 is 6.03 Å². The second-order valence-corrected chi connectivity index (χ2v) is 13.2. The van der Waals surface area contributed by atoms with Gasteiger partial charge in [-0.3, -0.25) is 14.5 Å². The molecule has 2 aliphatic carbocycles. The van der Waals surface area contributed by atoms with Gasteiger partial charge in [0.25, 0.3) is 5.91 Å². The van der Waals surface area contributed by atoms with Crippen LogP contribution < -0.4 is 21.7 Å². The van der Waals surface area contributed by atoms with Crippen molar-refractivity contribution in [1.82, 2.24) is 20.1 Å². The van der Waals surface area contributed by atoms with Crippen LogP contribution >= 0.6 is 0 Å². The first-order valence-corrected chi connectivity index (χ1v) is 15.6. The van der Waals surface area contributed by atoms with Crippen LogP contribution in [-0.2, 0) is 29.1 Å². The molecular weight excluding hydrogens is 548 g/mol. The number of carbonyl (C=O) groups is 3. The maximum atomic E-state index is 13.2. The van der Waals surface area contributed by atoms with Gasteiger partial charge in [-0.2, -0.15) is 0 Å². The molecule has 0 radical (unpaired) electrons. The highest BCUT2D eigenvalue weighted by atomic mass is 16.5. The number of ether oxygens (including phenoxy) is 2. The van der Waals surface area contributed by atoms with Gasteiger partial charge in [-0.25, -0.2) is 4.79 Å². The molecule has 43 heavy (non-hydrogen) atoms. The maximum absolute atomic E-state index is 13.2. The van der Waals surface area contributed by atoms with Crippen molar-refractivity contribution in [1.29, 1.82) is 0 Å². The molecule has 232 valence electrons. The number of fused-ring (bicyclic) bond motifs is 3. The molecule has 2 aliphatic heterocycles. The van der Waals surface area contributed by atoms with Gasteiger partial charge in [0.2, 0.25) is 0 Å². The molecule has 11 heteroatoms. The predicted molar refractivity (Wildman–Crippen MR) is 163 cm³/mol. The number of morpholine rings is 1. The van der Waals surface area contributed by atoms with Gasteiger partial charge in [0.15, 0.2) is 5.78 Å². The fraction of sp³-hybridized carbons (Fsp3) is 0.594. The Morgan fingerprint density at radius 1 is 1.00 bits per heavy atom. The van der Waals surface area contributed by atoms with Crippen molar-refractivity contribution >= 4 is 23.4 Å². The summed E-state index contributed by atoms with van der Waals surface area (Å²) in [7, 11) is 0. The van der Waals surface area contributed by atoms with E-state index in [-0.39, 0.29) is 29.3 Å². The van der Waals surface area contributed by atoms with E-state index in [2.05, 4.69) is 39.3 Å². The molecule has 3 amide bonds. The van der Waals surface area contributed by atoms with E-state index in [1.165, 1.54) is 0 Å². The number of primary amides is 1. The van der Waals surface area contributed by atoms with E-state index < -0.39 is 5.91 Å². The minimum absolute atomic E-state index is 0.109. The van der Waals surface area contributed by atoms with Gasteiger partial charge in [0, 0.05) is 72.9 Å². The highest BCUT2D eigenvalue weighted by molar-refractivity contribution is 6.01. The van der Waals surface area contributed by atoms with Gasteiger partial charge in [0.05, 0.1) is 37.7 Å². The normalized spacial score (nSPS) is 23.3. The molecule has 3 heterocycles. The Morgan fingerprint density at radius 2 is 1.74 bits per heavy atom. The zero-order valence-electron chi connectivity index (χ0n) is 25.3. The van der Waals surface area contributed by atoms with Crippen molar-refractivity contribution < 1.29 is 23.9 Å². The van der Waals surface area contributed by atoms with E-state index in [0.717, 1.165) is 93.2 Å². The minimum Gasteiger partial charge on any atom is -0.382 e. The van der Waals surface area contributed by atoms with E-state index in [0.29, 0.717) is 37.4 Å². The highest BCUT2D eigenvalue weighted by Crippen LogP contribution is 2.42. The van der Waals surface area contributed by atoms with Crippen molar-refractivity contribution in [3.63, 3.8) is 0 Å². The fourth-order valence-electron chi connectivity index (χ4n) is 7.13. The first-order valence-electron chi connectivity index (χ1n) is 15.6. The summed E-state index contributed by atoms with van der Waals surface area (Å²) in [4.78, 5) is 40.4. The first kappa shape index (κ1) is 29.7. The summed E-state index contributed by atoms with van der Waals surface area (Å²) >= 11 is 0. The summed E-state index contributed by atoms with van der Waals surface area (Å²) in [5.74, 6) is -0.312. The van der Waals surface area contributed by atoms with E-state index in [9.17, 15) is 14.4 Å². The standard InChI is InChI=1S/C32H44N6O5/c1-32(2)16-26-29(28(39)17-32)24-18-43-19-27(24)38(26)22-7-8-23(30(33)40)25(15-22)35-20-3-5-21(6-4-20)36-31(41)34-9-10-37-11-13-42-14-12-37/h7-8,15,20-21,35H,3-6,9-14,16-19H2,1-2H3,(H2,33,40)(H2,34,36,41). The van der Waals surface area contributed by atoms with E-state index in [1.54, 1.807) is 6.07 Å². The molecule has 0 atom stereocenters. The number of nitrogens with one attached hydrogen (secondary N) is 3. The second kappa shape index (κ2) is 12.3. The van der Waals surface area contributed by atoms with Crippen LogP contribution in [0.15, 0.2) is 18.2 Å². The Bertz CT molecular complexity index is 1390. The van der Waals surface area contributed by atoms with Crippen LogP contribution in [0, 0.1) is 5.41 Å². The van der Waals surface area contributed by atoms with Crippen LogP contribution in [0.3, 0.4) is 0 Å². The number of benzene rings is 1. The molecule has 1 saturated heterocycles. The minimum atomic E-state index is -0.488. The topological polar surface area (TPSA) is 140 Å². The van der Waals surface area contributed by atoms with Gasteiger partial charge in [-0.15, -0.1) is 0 Å². The number of Topliss-reactive ketones (excluding diaryl/α,β-unsaturated/α-hetero) is 1. The van der Waals surface area contributed by atoms with Crippen molar-refractivity contribution in [2.45, 2.75) is 77.7 Å². The Labute approximate surface area is 252 Å². The fourth-order valence-corrected chi connectivity index (χ4v) is 7.13. The number of hydrogen-bond acceptors (Lipinski definition) is 7. The monoisotopic (exact) mass is 592 g/mol. The van der Waals surface area contributed by atoms with Gasteiger partial charge in [-0.05, 0) is 55.7 Å². The molecule has 1 aromatic carbocycles. The molecule has 1 saturated carbocycles. The molecular formula is C32H44N6O5. The summed E-state index contributed by atoms with van der Waals surface area (Å²) in [6.07, 6.45) is 4.70. The average Bonchev–Trinajstić information content (AvgIpc) is 3.54. The summed E-state index contributed by atoms with van der Waals surface area (Å²) in [6.45, 7) is 9.92. The summed E-state index contributed by atoms with van der Waals surface area (Å²) in [6, 6.07) is 5.80. The molecule has 0 bridgehead atoms. The van der Waals surface area contributed by atoms with Gasteiger partial charge < -0.3 is 35.7 Å². The van der Waals surface area contributed by atoms with Crippen LogP contribution in [0.1, 0.15) is 83.6 Å². The molecule has 5 N–H and O–H groups in total. The number of anilines is 1. The molecule has 2 aromatic rings. The average molecular weight is 593 g/mol. The smallest absolute Gasteiger partial charge is 0.315 e. The lowest BCUT2D eigenvalue weighted by Gasteiger charge is -2.32. The van der Waals surface area contributed by atoms with Crippen LogP contribution in [0.25, 0.3) is 5.69 Å². The van der Waals surface area contributed by atoms with Gasteiger partial charge in [0.1, 0.15) is 0 Å². The van der Waals surface area contributed by atoms with Crippen molar-refractivity contribution in [2.75, 3.05) is 44.7 Å². The lowest BCUT2D eigenvalue weighted by Crippen LogP contribution is -2.47. The zero-order chi connectivity index (χ0) is 30.1. The molecule has 4 aliphatic rings. The van der Waals surface area contributed by atoms with E-state index in [1.807, 2.05) is 12.1 Å². The van der Waals surface area contributed by atoms with Crippen LogP contribution in [0.5, 0.6) is 0 Å². The Morgan fingerprint density at radius 3 is 2.49 bits per heavy atom. The number of ketones is 1. The number of aromatic nitrogens is 1. The zero-order valence-corrected chi connectivity index (χ0v) is 25.3. The summed E-state index contributed by atoms with van der Waals surface area (Å²) in [5.41, 5.74) is 11.6. The highest BCUT2D eigenvalue weighted by Gasteiger charge is 2.39. The molecule has 6 rings (SSSR count). The third-order valence-electron chi connectivity index (χ3n) is 9.29. The van der Waals surface area contributed by atoms with E-state index in [4.69, 9.17) is 15.2 Å². The molecule has 0 unspecified atom stereocenters. The lowest BCUT2D eigenvalue weighted by molar-refractivity contribution is 0.0387. The number of urea groups is 1. The van der Waals surface area contributed by atoms with Gasteiger partial charge in [-0.1, -0.05) is 13.8 Å². The largest absolute Gasteiger partial charge is 0.382 e. The summed E-state index contributed by atoms with van der Waals surface area (Å²) in [5, 5.41) is 9.70. The molecule has 11 nitrogen and oxygen atoms in total. The predicted octanol–water partition coefficient (Wildman–Crippen LogP) is 3.12. The molecule has 0 spiro atoms. The molecule has 2 fully saturated rings. The number of nitrogens with zero attached hydrogens (tertiary/aromatic N) is 2. The number of amides is 3. The van der Waals surface area contributed by atoms with Crippen LogP contribution in [0.4, 0.5) is 10.5 Å². The molecule has 1 aromatic heterocycles. The Hall–Kier alpha value is -3.41. The quantitative estimate of drug-likeness (QED) is 0.369. The maximum Gasteiger partial charge on any atom is 0.315 e. The third-order valence-corrected chi connectivity index (χ3v) is 9.29. The number of carbonyl (C=O) groups excluding carboxylic acids is 3. The van der Waals surface area contributed by atoms with E-state index >= 15 is 0 Å². The number of rotatable bonds is 8. The van der Waals surface area contributed by atoms with Crippen molar-refractivity contribution in [3.05, 3.63) is 46.3 Å². The van der Waals surface area contributed by atoms with Crippen LogP contribution in [0.2, 0.25) is 0 Å². The van der Waals surface area contributed by atoms with Crippen molar-refractivity contribution in [2.24, 2.45) is 11.1 Å². The SMILES string of the molecule is CC1(C)CC(=O)c2c3c(n(-c4ccc(C(N)=O)c(NC5CCC(NC(=O)NCCN6CCOCC6)CC5)c4)c2C1)COC3. The Kier molecular flexibility index (Phi) is 8.48. The number of hydrogen-bond donors (Lipinski definition) is 4. The van der Waals surface area contributed by atoms with Crippen LogP contribution in [-0.4, -0.2) is 78.7 Å². The third kappa shape index (κ3) is 6.44.